The molecule has 1 aliphatic heterocycles. The normalized spacial score (nSPS) is 15.1. The van der Waals surface area contributed by atoms with Crippen LogP contribution in [-0.4, -0.2) is 28.9 Å². The van der Waals surface area contributed by atoms with Gasteiger partial charge in [-0.2, -0.15) is 0 Å². The third-order valence-corrected chi connectivity index (χ3v) is 5.38. The second-order valence-electron chi connectivity index (χ2n) is 6.28. The Balaban J connectivity index is 1.72. The average Bonchev–Trinajstić information content (AvgIpc) is 3.12. The van der Waals surface area contributed by atoms with E-state index in [2.05, 4.69) is 28.2 Å². The molecule has 1 aromatic heterocycles. The molecule has 0 atom stereocenters. The standard InChI is InChI=1S/C18H23N3OS/c1-12-6-7-15(13(2)10-12)20-18(22)17-14(3)19-16(23-17)11-21-8-4-5-9-21/h6-7,10H,4-5,8-9,11H2,1-3H3,(H,20,22). The molecule has 122 valence electrons. The number of rotatable bonds is 4. The van der Waals surface area contributed by atoms with Crippen molar-refractivity contribution < 1.29 is 4.79 Å². The molecule has 23 heavy (non-hydrogen) atoms. The van der Waals surface area contributed by atoms with E-state index in [0.29, 0.717) is 0 Å². The molecule has 5 heteroatoms. The van der Waals surface area contributed by atoms with Gasteiger partial charge in [0, 0.05) is 5.69 Å². The molecular weight excluding hydrogens is 306 g/mol. The molecule has 1 amide bonds. The predicted octanol–water partition coefficient (Wildman–Crippen LogP) is 3.92. The average molecular weight is 329 g/mol. The minimum Gasteiger partial charge on any atom is -0.321 e. The third-order valence-electron chi connectivity index (χ3n) is 4.23. The zero-order valence-corrected chi connectivity index (χ0v) is 14.8. The molecule has 0 spiro atoms. The Labute approximate surface area is 141 Å². The van der Waals surface area contributed by atoms with E-state index in [0.717, 1.165) is 46.5 Å². The Kier molecular flexibility index (Phi) is 4.78. The van der Waals surface area contributed by atoms with Gasteiger partial charge in [0.25, 0.3) is 5.91 Å². The van der Waals surface area contributed by atoms with E-state index in [9.17, 15) is 4.79 Å². The highest BCUT2D eigenvalue weighted by Gasteiger charge is 2.19. The van der Waals surface area contributed by atoms with Crippen molar-refractivity contribution >= 4 is 22.9 Å². The molecule has 1 aliphatic rings. The van der Waals surface area contributed by atoms with Gasteiger partial charge in [-0.25, -0.2) is 4.98 Å². The second-order valence-corrected chi connectivity index (χ2v) is 7.36. The van der Waals surface area contributed by atoms with Crippen molar-refractivity contribution in [2.45, 2.75) is 40.2 Å². The van der Waals surface area contributed by atoms with Crippen molar-refractivity contribution in [2.75, 3.05) is 18.4 Å². The first-order chi connectivity index (χ1) is 11.0. The lowest BCUT2D eigenvalue weighted by molar-refractivity contribution is 0.102. The molecule has 0 saturated carbocycles. The molecule has 0 unspecified atom stereocenters. The molecule has 2 aromatic rings. The maximum absolute atomic E-state index is 12.6. The quantitative estimate of drug-likeness (QED) is 0.925. The van der Waals surface area contributed by atoms with Gasteiger partial charge in [-0.05, 0) is 58.3 Å². The summed E-state index contributed by atoms with van der Waals surface area (Å²) in [7, 11) is 0. The number of hydrogen-bond donors (Lipinski definition) is 1. The van der Waals surface area contributed by atoms with Crippen LogP contribution in [0, 0.1) is 20.8 Å². The fraction of sp³-hybridized carbons (Fsp3) is 0.444. The summed E-state index contributed by atoms with van der Waals surface area (Å²) in [6, 6.07) is 6.05. The van der Waals surface area contributed by atoms with E-state index in [1.165, 1.54) is 29.7 Å². The SMILES string of the molecule is Cc1ccc(NC(=O)c2sc(CN3CCCC3)nc2C)c(C)c1. The Bertz CT molecular complexity index is 717. The minimum absolute atomic E-state index is 0.0559. The Hall–Kier alpha value is -1.72. The van der Waals surface area contributed by atoms with Crippen molar-refractivity contribution in [1.82, 2.24) is 9.88 Å². The number of benzene rings is 1. The maximum atomic E-state index is 12.6. The van der Waals surface area contributed by atoms with Crippen molar-refractivity contribution in [1.29, 1.82) is 0 Å². The van der Waals surface area contributed by atoms with E-state index in [-0.39, 0.29) is 5.91 Å². The lowest BCUT2D eigenvalue weighted by Gasteiger charge is -2.11. The highest BCUT2D eigenvalue weighted by atomic mass is 32.1. The number of carbonyl (C=O) groups is 1. The molecule has 3 rings (SSSR count). The molecule has 2 heterocycles. The smallest absolute Gasteiger partial charge is 0.267 e. The summed E-state index contributed by atoms with van der Waals surface area (Å²) >= 11 is 1.52. The van der Waals surface area contributed by atoms with Crippen LogP contribution in [0.1, 0.15) is 44.3 Å². The fourth-order valence-corrected chi connectivity index (χ4v) is 4.00. The third kappa shape index (κ3) is 3.79. The van der Waals surface area contributed by atoms with Gasteiger partial charge in [-0.1, -0.05) is 17.7 Å². The molecule has 1 N–H and O–H groups in total. The van der Waals surface area contributed by atoms with Crippen LogP contribution in [0.3, 0.4) is 0 Å². The molecule has 0 bridgehead atoms. The van der Waals surface area contributed by atoms with Crippen molar-refractivity contribution in [3.63, 3.8) is 0 Å². The summed E-state index contributed by atoms with van der Waals surface area (Å²) in [5.74, 6) is -0.0559. The number of nitrogens with one attached hydrogen (secondary N) is 1. The summed E-state index contributed by atoms with van der Waals surface area (Å²) in [4.78, 5) is 20.3. The lowest BCUT2D eigenvalue weighted by atomic mass is 10.1. The second kappa shape index (κ2) is 6.81. The van der Waals surface area contributed by atoms with Crippen LogP contribution in [0.5, 0.6) is 0 Å². The number of hydrogen-bond acceptors (Lipinski definition) is 4. The van der Waals surface area contributed by atoms with Gasteiger partial charge in [0.05, 0.1) is 12.2 Å². The van der Waals surface area contributed by atoms with Gasteiger partial charge in [0.15, 0.2) is 0 Å². The van der Waals surface area contributed by atoms with E-state index >= 15 is 0 Å². The maximum Gasteiger partial charge on any atom is 0.267 e. The van der Waals surface area contributed by atoms with Crippen LogP contribution in [-0.2, 0) is 6.54 Å². The summed E-state index contributed by atoms with van der Waals surface area (Å²) in [5.41, 5.74) is 3.97. The van der Waals surface area contributed by atoms with Crippen molar-refractivity contribution in [3.8, 4) is 0 Å². The summed E-state index contributed by atoms with van der Waals surface area (Å²) < 4.78 is 0. The number of anilines is 1. The van der Waals surface area contributed by atoms with E-state index in [1.54, 1.807) is 0 Å². The molecule has 1 saturated heterocycles. The number of nitrogens with zero attached hydrogens (tertiary/aromatic N) is 2. The monoisotopic (exact) mass is 329 g/mol. The van der Waals surface area contributed by atoms with Crippen LogP contribution in [0.25, 0.3) is 0 Å². The van der Waals surface area contributed by atoms with E-state index in [4.69, 9.17) is 0 Å². The number of aryl methyl sites for hydroxylation is 3. The molecule has 0 radical (unpaired) electrons. The fourth-order valence-electron chi connectivity index (χ4n) is 3.00. The number of thiazole rings is 1. The van der Waals surface area contributed by atoms with Gasteiger partial charge in [-0.3, -0.25) is 9.69 Å². The van der Waals surface area contributed by atoms with Crippen molar-refractivity contribution in [2.24, 2.45) is 0 Å². The first kappa shape index (κ1) is 16.1. The zero-order chi connectivity index (χ0) is 16.4. The Morgan fingerprint density at radius 2 is 2.00 bits per heavy atom. The van der Waals surface area contributed by atoms with Crippen LogP contribution < -0.4 is 5.32 Å². The highest BCUT2D eigenvalue weighted by molar-refractivity contribution is 7.13. The number of likely N-dealkylation sites (tertiary alicyclic amines) is 1. The Morgan fingerprint density at radius 1 is 1.26 bits per heavy atom. The predicted molar refractivity (Wildman–Crippen MR) is 95.2 cm³/mol. The first-order valence-corrected chi connectivity index (χ1v) is 8.92. The summed E-state index contributed by atoms with van der Waals surface area (Å²) in [6.07, 6.45) is 2.54. The van der Waals surface area contributed by atoms with Gasteiger partial charge in [0.1, 0.15) is 9.88 Å². The largest absolute Gasteiger partial charge is 0.321 e. The van der Waals surface area contributed by atoms with Gasteiger partial charge in [-0.15, -0.1) is 11.3 Å². The lowest BCUT2D eigenvalue weighted by Crippen LogP contribution is -2.18. The number of aromatic nitrogens is 1. The highest BCUT2D eigenvalue weighted by Crippen LogP contribution is 2.23. The van der Waals surface area contributed by atoms with Crippen molar-refractivity contribution in [3.05, 3.63) is 44.9 Å². The minimum atomic E-state index is -0.0559. The topological polar surface area (TPSA) is 45.2 Å². The molecule has 1 fully saturated rings. The van der Waals surface area contributed by atoms with Crippen LogP contribution in [0.15, 0.2) is 18.2 Å². The van der Waals surface area contributed by atoms with E-state index in [1.807, 2.05) is 26.0 Å². The number of carbonyl (C=O) groups excluding carboxylic acids is 1. The summed E-state index contributed by atoms with van der Waals surface area (Å²) in [5, 5.41) is 4.06. The summed E-state index contributed by atoms with van der Waals surface area (Å²) in [6.45, 7) is 9.13. The molecule has 1 aromatic carbocycles. The molecular formula is C18H23N3OS. The van der Waals surface area contributed by atoms with Crippen LogP contribution >= 0.6 is 11.3 Å². The van der Waals surface area contributed by atoms with Crippen LogP contribution in [0.4, 0.5) is 5.69 Å². The van der Waals surface area contributed by atoms with Gasteiger partial charge in [0.2, 0.25) is 0 Å². The number of amides is 1. The Morgan fingerprint density at radius 3 is 2.70 bits per heavy atom. The van der Waals surface area contributed by atoms with E-state index < -0.39 is 0 Å². The molecule has 4 nitrogen and oxygen atoms in total. The first-order valence-electron chi connectivity index (χ1n) is 8.10. The zero-order valence-electron chi connectivity index (χ0n) is 14.0. The van der Waals surface area contributed by atoms with Gasteiger partial charge < -0.3 is 5.32 Å². The van der Waals surface area contributed by atoms with Crippen LogP contribution in [0.2, 0.25) is 0 Å². The molecule has 0 aliphatic carbocycles. The van der Waals surface area contributed by atoms with Gasteiger partial charge >= 0.3 is 0 Å².